The lowest BCUT2D eigenvalue weighted by atomic mass is 10.3. The molecule has 0 unspecified atom stereocenters. The summed E-state index contributed by atoms with van der Waals surface area (Å²) < 4.78 is 1.57. The predicted molar refractivity (Wildman–Crippen MR) is 43.0 cm³/mol. The van der Waals surface area contributed by atoms with Crippen LogP contribution in [-0.4, -0.2) is 20.9 Å². The van der Waals surface area contributed by atoms with E-state index in [4.69, 9.17) is 10.8 Å². The van der Waals surface area contributed by atoms with Crippen molar-refractivity contribution in [2.45, 2.75) is 0 Å². The summed E-state index contributed by atoms with van der Waals surface area (Å²) in [6.07, 6.45) is 4.57. The number of carbonyl (C=O) groups is 1. The molecule has 5 nitrogen and oxygen atoms in total. The molecule has 1 aromatic rings. The van der Waals surface area contributed by atoms with Gasteiger partial charge in [0.05, 0.1) is 6.20 Å². The number of nitrogens with two attached hydrogens (primary N) is 1. The maximum Gasteiger partial charge on any atom is 0.351 e. The highest BCUT2D eigenvalue weighted by molar-refractivity contribution is 5.90. The molecule has 0 saturated carbocycles. The summed E-state index contributed by atoms with van der Waals surface area (Å²) in [5, 5.41) is 12.3. The van der Waals surface area contributed by atoms with Crippen molar-refractivity contribution in [3.05, 3.63) is 23.7 Å². The van der Waals surface area contributed by atoms with Gasteiger partial charge in [0, 0.05) is 18.8 Å². The van der Waals surface area contributed by atoms with Gasteiger partial charge in [-0.2, -0.15) is 5.10 Å². The zero-order valence-electron chi connectivity index (χ0n) is 6.56. The van der Waals surface area contributed by atoms with Crippen molar-refractivity contribution in [1.82, 2.24) is 9.78 Å². The van der Waals surface area contributed by atoms with Crippen molar-refractivity contribution < 1.29 is 9.90 Å². The Morgan fingerprint density at radius 1 is 1.83 bits per heavy atom. The number of aryl methyl sites for hydroxylation is 1. The minimum Gasteiger partial charge on any atom is -0.477 e. The lowest BCUT2D eigenvalue weighted by molar-refractivity contribution is -0.132. The summed E-state index contributed by atoms with van der Waals surface area (Å²) in [6.45, 7) is 0. The minimum absolute atomic E-state index is 0.192. The lowest BCUT2D eigenvalue weighted by Gasteiger charge is -1.89. The van der Waals surface area contributed by atoms with Gasteiger partial charge in [-0.15, -0.1) is 0 Å². The van der Waals surface area contributed by atoms with Gasteiger partial charge in [-0.05, 0) is 6.08 Å². The Balaban J connectivity index is 2.87. The Labute approximate surface area is 69.1 Å². The van der Waals surface area contributed by atoms with Crippen LogP contribution in [0.25, 0.3) is 6.08 Å². The minimum atomic E-state index is -1.13. The molecule has 0 fully saturated rings. The van der Waals surface area contributed by atoms with E-state index in [0.717, 1.165) is 0 Å². The van der Waals surface area contributed by atoms with E-state index in [1.807, 2.05) is 0 Å². The highest BCUT2D eigenvalue weighted by Crippen LogP contribution is 2.01. The first-order chi connectivity index (χ1) is 5.59. The summed E-state index contributed by atoms with van der Waals surface area (Å²) in [6, 6.07) is 0. The van der Waals surface area contributed by atoms with Crippen LogP contribution in [0.4, 0.5) is 0 Å². The van der Waals surface area contributed by atoms with Gasteiger partial charge in [0.1, 0.15) is 5.70 Å². The van der Waals surface area contributed by atoms with Crippen LogP contribution in [0.3, 0.4) is 0 Å². The maximum atomic E-state index is 10.3. The molecule has 1 heterocycles. The SMILES string of the molecule is Cn1cc(/C=C(/N)C(=O)O)cn1. The average molecular weight is 167 g/mol. The maximum absolute atomic E-state index is 10.3. The molecule has 5 heteroatoms. The fourth-order valence-electron chi connectivity index (χ4n) is 0.756. The van der Waals surface area contributed by atoms with Crippen LogP contribution in [0.2, 0.25) is 0 Å². The Morgan fingerprint density at radius 3 is 2.92 bits per heavy atom. The molecule has 0 saturated heterocycles. The van der Waals surface area contributed by atoms with E-state index < -0.39 is 5.97 Å². The molecular weight excluding hydrogens is 158 g/mol. The number of aromatic nitrogens is 2. The van der Waals surface area contributed by atoms with E-state index in [-0.39, 0.29) is 5.70 Å². The van der Waals surface area contributed by atoms with E-state index in [2.05, 4.69) is 5.10 Å². The smallest absolute Gasteiger partial charge is 0.351 e. The van der Waals surface area contributed by atoms with Gasteiger partial charge in [0.2, 0.25) is 0 Å². The third-order valence-electron chi connectivity index (χ3n) is 1.29. The molecule has 0 atom stereocenters. The summed E-state index contributed by atoms with van der Waals surface area (Å²) in [4.78, 5) is 10.3. The third kappa shape index (κ3) is 1.85. The van der Waals surface area contributed by atoms with Gasteiger partial charge in [0.25, 0.3) is 0 Å². The predicted octanol–water partition coefficient (Wildman–Crippen LogP) is -0.196. The van der Waals surface area contributed by atoms with Crippen molar-refractivity contribution in [3.63, 3.8) is 0 Å². The largest absolute Gasteiger partial charge is 0.477 e. The topological polar surface area (TPSA) is 81.1 Å². The average Bonchev–Trinajstić information content (AvgIpc) is 2.35. The zero-order valence-corrected chi connectivity index (χ0v) is 6.56. The fourth-order valence-corrected chi connectivity index (χ4v) is 0.756. The summed E-state index contributed by atoms with van der Waals surface area (Å²) in [7, 11) is 1.74. The van der Waals surface area contributed by atoms with Gasteiger partial charge in [0.15, 0.2) is 0 Å². The molecule has 1 rings (SSSR count). The molecule has 1 aromatic heterocycles. The lowest BCUT2D eigenvalue weighted by Crippen LogP contribution is -2.08. The van der Waals surface area contributed by atoms with E-state index in [0.29, 0.717) is 5.56 Å². The molecule has 3 N–H and O–H groups in total. The first-order valence-corrected chi connectivity index (χ1v) is 3.28. The Hall–Kier alpha value is -1.78. The van der Waals surface area contributed by atoms with E-state index in [1.165, 1.54) is 12.3 Å². The van der Waals surface area contributed by atoms with Crippen LogP contribution in [0, 0.1) is 0 Å². The monoisotopic (exact) mass is 167 g/mol. The first kappa shape index (κ1) is 8.32. The number of rotatable bonds is 2. The third-order valence-corrected chi connectivity index (χ3v) is 1.29. The molecular formula is C7H9N3O2. The second-order valence-corrected chi connectivity index (χ2v) is 2.35. The van der Waals surface area contributed by atoms with Crippen LogP contribution in [0.5, 0.6) is 0 Å². The molecule has 0 aliphatic heterocycles. The molecule has 0 aliphatic rings. The number of carboxylic acid groups (broad SMARTS) is 1. The Kier molecular flexibility index (Phi) is 2.14. The van der Waals surface area contributed by atoms with Crippen molar-refractivity contribution >= 4 is 12.0 Å². The molecule has 0 radical (unpaired) electrons. The van der Waals surface area contributed by atoms with E-state index in [1.54, 1.807) is 17.9 Å². The van der Waals surface area contributed by atoms with Crippen LogP contribution in [-0.2, 0) is 11.8 Å². The molecule has 0 aromatic carbocycles. The number of hydrogen-bond acceptors (Lipinski definition) is 3. The van der Waals surface area contributed by atoms with E-state index >= 15 is 0 Å². The summed E-state index contributed by atoms with van der Waals surface area (Å²) in [5.41, 5.74) is 5.67. The van der Waals surface area contributed by atoms with Gasteiger partial charge < -0.3 is 10.8 Å². The Bertz CT molecular complexity index is 327. The van der Waals surface area contributed by atoms with Crippen LogP contribution < -0.4 is 5.73 Å². The summed E-state index contributed by atoms with van der Waals surface area (Å²) in [5.74, 6) is -1.13. The number of aliphatic carboxylic acids is 1. The molecule has 0 amide bonds. The van der Waals surface area contributed by atoms with Crippen molar-refractivity contribution in [3.8, 4) is 0 Å². The normalized spacial score (nSPS) is 11.6. The Morgan fingerprint density at radius 2 is 2.50 bits per heavy atom. The quantitative estimate of drug-likeness (QED) is 0.598. The van der Waals surface area contributed by atoms with Crippen LogP contribution in [0.15, 0.2) is 18.1 Å². The van der Waals surface area contributed by atoms with Crippen LogP contribution in [0.1, 0.15) is 5.56 Å². The van der Waals surface area contributed by atoms with Gasteiger partial charge in [-0.1, -0.05) is 0 Å². The van der Waals surface area contributed by atoms with E-state index in [9.17, 15) is 4.79 Å². The number of hydrogen-bond donors (Lipinski definition) is 2. The van der Waals surface area contributed by atoms with Crippen molar-refractivity contribution in [1.29, 1.82) is 0 Å². The van der Waals surface area contributed by atoms with Crippen LogP contribution >= 0.6 is 0 Å². The van der Waals surface area contributed by atoms with Crippen molar-refractivity contribution in [2.75, 3.05) is 0 Å². The molecule has 0 bridgehead atoms. The standard InChI is InChI=1S/C7H9N3O2/c1-10-4-5(3-9-10)2-6(8)7(11)12/h2-4H,8H2,1H3,(H,11,12)/b6-2+. The first-order valence-electron chi connectivity index (χ1n) is 3.28. The van der Waals surface area contributed by atoms with Gasteiger partial charge >= 0.3 is 5.97 Å². The molecule has 0 spiro atoms. The number of nitrogens with zero attached hydrogens (tertiary/aromatic N) is 2. The second kappa shape index (κ2) is 3.08. The zero-order chi connectivity index (χ0) is 9.14. The number of carboxylic acids is 1. The molecule has 64 valence electrons. The fraction of sp³-hybridized carbons (Fsp3) is 0.143. The molecule has 0 aliphatic carbocycles. The van der Waals surface area contributed by atoms with Gasteiger partial charge in [-0.3, -0.25) is 4.68 Å². The highest BCUT2D eigenvalue weighted by atomic mass is 16.4. The second-order valence-electron chi connectivity index (χ2n) is 2.35. The van der Waals surface area contributed by atoms with Crippen molar-refractivity contribution in [2.24, 2.45) is 12.8 Å². The molecule has 12 heavy (non-hydrogen) atoms. The summed E-state index contributed by atoms with van der Waals surface area (Å²) >= 11 is 0. The highest BCUT2D eigenvalue weighted by Gasteiger charge is 2.01. The van der Waals surface area contributed by atoms with Gasteiger partial charge in [-0.25, -0.2) is 4.79 Å².